The van der Waals surface area contributed by atoms with Crippen LogP contribution in [0.2, 0.25) is 5.15 Å². The van der Waals surface area contributed by atoms with Crippen molar-refractivity contribution in [3.8, 4) is 0 Å². The van der Waals surface area contributed by atoms with Gasteiger partial charge in [-0.2, -0.15) is 0 Å². The molecule has 2 unspecified atom stereocenters. The zero-order valence-electron chi connectivity index (χ0n) is 10.6. The van der Waals surface area contributed by atoms with Gasteiger partial charge < -0.3 is 4.90 Å². The lowest BCUT2D eigenvalue weighted by atomic mass is 9.87. The van der Waals surface area contributed by atoms with E-state index in [1.54, 1.807) is 0 Å². The quantitative estimate of drug-likeness (QED) is 0.827. The van der Waals surface area contributed by atoms with E-state index in [1.807, 2.05) is 12.1 Å². The van der Waals surface area contributed by atoms with E-state index < -0.39 is 0 Å². The average Bonchev–Trinajstić information content (AvgIpc) is 2.29. The number of nitrogens with zero attached hydrogens (tertiary/aromatic N) is 3. The van der Waals surface area contributed by atoms with Crippen molar-refractivity contribution < 1.29 is 0 Å². The van der Waals surface area contributed by atoms with Gasteiger partial charge in [0.2, 0.25) is 0 Å². The summed E-state index contributed by atoms with van der Waals surface area (Å²) in [6.07, 6.45) is 3.91. The Morgan fingerprint density at radius 1 is 1.35 bits per heavy atom. The van der Waals surface area contributed by atoms with E-state index in [0.29, 0.717) is 5.15 Å². The first-order chi connectivity index (χ1) is 8.19. The third-order valence-electron chi connectivity index (χ3n) is 3.39. The van der Waals surface area contributed by atoms with Crippen molar-refractivity contribution >= 4 is 17.4 Å². The zero-order chi connectivity index (χ0) is 12.3. The van der Waals surface area contributed by atoms with Crippen LogP contribution in [0.25, 0.3) is 0 Å². The van der Waals surface area contributed by atoms with Crippen molar-refractivity contribution in [2.75, 3.05) is 18.0 Å². The van der Waals surface area contributed by atoms with Crippen molar-refractivity contribution in [1.82, 2.24) is 10.2 Å². The van der Waals surface area contributed by atoms with E-state index in [1.165, 1.54) is 19.3 Å². The maximum absolute atomic E-state index is 5.77. The number of hydrogen-bond donors (Lipinski definition) is 0. The van der Waals surface area contributed by atoms with Gasteiger partial charge in [-0.1, -0.05) is 31.9 Å². The smallest absolute Gasteiger partial charge is 0.151 e. The molecule has 0 N–H and O–H groups in total. The average molecular weight is 254 g/mol. The molecule has 2 atom stereocenters. The van der Waals surface area contributed by atoms with Gasteiger partial charge in [-0.25, -0.2) is 0 Å². The number of halogens is 1. The Morgan fingerprint density at radius 2 is 2.18 bits per heavy atom. The number of aromatic nitrogens is 2. The van der Waals surface area contributed by atoms with Crippen molar-refractivity contribution in [3.05, 3.63) is 17.3 Å². The van der Waals surface area contributed by atoms with Crippen LogP contribution in [-0.2, 0) is 0 Å². The first-order valence-corrected chi connectivity index (χ1v) is 6.81. The first kappa shape index (κ1) is 12.6. The lowest BCUT2D eigenvalue weighted by molar-refractivity contribution is 0.317. The third kappa shape index (κ3) is 3.32. The third-order valence-corrected chi connectivity index (χ3v) is 3.59. The Hall–Kier alpha value is -0.830. The Balaban J connectivity index is 2.06. The Bertz CT molecular complexity index is 352. The molecule has 4 heteroatoms. The predicted octanol–water partition coefficient (Wildman–Crippen LogP) is 3.39. The fourth-order valence-electron chi connectivity index (χ4n) is 2.76. The van der Waals surface area contributed by atoms with Gasteiger partial charge in [0, 0.05) is 13.1 Å². The van der Waals surface area contributed by atoms with E-state index in [-0.39, 0.29) is 0 Å². The van der Waals surface area contributed by atoms with Crippen LogP contribution < -0.4 is 4.90 Å². The van der Waals surface area contributed by atoms with E-state index in [4.69, 9.17) is 11.6 Å². The van der Waals surface area contributed by atoms with Gasteiger partial charge in [0.15, 0.2) is 11.0 Å². The second-order valence-corrected chi connectivity index (χ2v) is 5.50. The molecule has 0 bridgehead atoms. The van der Waals surface area contributed by atoms with Gasteiger partial charge in [-0.15, -0.1) is 10.2 Å². The molecule has 1 fully saturated rings. The minimum Gasteiger partial charge on any atom is -0.355 e. The standard InChI is InChI=1S/C13H20ClN3/c1-3-4-11-7-10(2)8-17(9-11)13-6-5-12(14)15-16-13/h5-6,10-11H,3-4,7-9H2,1-2H3. The summed E-state index contributed by atoms with van der Waals surface area (Å²) in [5.41, 5.74) is 0. The molecule has 1 aliphatic heterocycles. The van der Waals surface area contributed by atoms with Crippen LogP contribution in [0.1, 0.15) is 33.1 Å². The monoisotopic (exact) mass is 253 g/mol. The Morgan fingerprint density at radius 3 is 2.82 bits per heavy atom. The van der Waals surface area contributed by atoms with Crippen molar-refractivity contribution in [1.29, 1.82) is 0 Å². The van der Waals surface area contributed by atoms with Crippen molar-refractivity contribution in [3.63, 3.8) is 0 Å². The van der Waals surface area contributed by atoms with Crippen LogP contribution in [0.4, 0.5) is 5.82 Å². The molecule has 2 heterocycles. The molecule has 0 amide bonds. The van der Waals surface area contributed by atoms with Gasteiger partial charge in [0.1, 0.15) is 0 Å². The summed E-state index contributed by atoms with van der Waals surface area (Å²) in [6.45, 7) is 6.76. The predicted molar refractivity (Wildman–Crippen MR) is 71.4 cm³/mol. The van der Waals surface area contributed by atoms with Crippen LogP contribution in [0.3, 0.4) is 0 Å². The van der Waals surface area contributed by atoms with Crippen molar-refractivity contribution in [2.45, 2.75) is 33.1 Å². The molecule has 17 heavy (non-hydrogen) atoms. The van der Waals surface area contributed by atoms with Crippen LogP contribution in [-0.4, -0.2) is 23.3 Å². The fourth-order valence-corrected chi connectivity index (χ4v) is 2.86. The van der Waals surface area contributed by atoms with Gasteiger partial charge in [0.05, 0.1) is 0 Å². The highest BCUT2D eigenvalue weighted by Gasteiger charge is 2.25. The molecular formula is C13H20ClN3. The van der Waals surface area contributed by atoms with Gasteiger partial charge >= 0.3 is 0 Å². The van der Waals surface area contributed by atoms with Crippen LogP contribution in [0, 0.1) is 11.8 Å². The molecule has 1 aromatic heterocycles. The van der Waals surface area contributed by atoms with Crippen LogP contribution in [0.5, 0.6) is 0 Å². The van der Waals surface area contributed by atoms with Crippen LogP contribution in [0.15, 0.2) is 12.1 Å². The van der Waals surface area contributed by atoms with E-state index in [0.717, 1.165) is 30.7 Å². The van der Waals surface area contributed by atoms with E-state index in [2.05, 4.69) is 28.9 Å². The minimum absolute atomic E-state index is 0.462. The number of rotatable bonds is 3. The Kier molecular flexibility index (Phi) is 4.21. The summed E-state index contributed by atoms with van der Waals surface area (Å²) in [5.74, 6) is 2.49. The molecule has 1 saturated heterocycles. The summed E-state index contributed by atoms with van der Waals surface area (Å²) in [5, 5.41) is 8.56. The molecule has 2 rings (SSSR count). The summed E-state index contributed by atoms with van der Waals surface area (Å²) in [6, 6.07) is 3.79. The lowest BCUT2D eigenvalue weighted by Crippen LogP contribution is -2.40. The number of anilines is 1. The summed E-state index contributed by atoms with van der Waals surface area (Å²) < 4.78 is 0. The van der Waals surface area contributed by atoms with E-state index >= 15 is 0 Å². The van der Waals surface area contributed by atoms with Crippen LogP contribution >= 0.6 is 11.6 Å². The summed E-state index contributed by atoms with van der Waals surface area (Å²) in [4.78, 5) is 2.35. The Labute approximate surface area is 108 Å². The highest BCUT2D eigenvalue weighted by molar-refractivity contribution is 6.29. The van der Waals surface area contributed by atoms with Gasteiger partial charge in [-0.05, 0) is 36.8 Å². The normalized spacial score (nSPS) is 25.0. The molecule has 3 nitrogen and oxygen atoms in total. The highest BCUT2D eigenvalue weighted by Crippen LogP contribution is 2.27. The zero-order valence-corrected chi connectivity index (χ0v) is 11.3. The second-order valence-electron chi connectivity index (χ2n) is 5.11. The fraction of sp³-hybridized carbons (Fsp3) is 0.692. The number of hydrogen-bond acceptors (Lipinski definition) is 3. The van der Waals surface area contributed by atoms with Gasteiger partial charge in [0.25, 0.3) is 0 Å². The molecule has 0 aromatic carbocycles. The molecule has 0 aliphatic carbocycles. The maximum atomic E-state index is 5.77. The van der Waals surface area contributed by atoms with Crippen molar-refractivity contribution in [2.24, 2.45) is 11.8 Å². The molecule has 0 spiro atoms. The molecule has 1 aromatic rings. The first-order valence-electron chi connectivity index (χ1n) is 6.43. The topological polar surface area (TPSA) is 29.0 Å². The molecular weight excluding hydrogens is 234 g/mol. The number of piperidine rings is 1. The highest BCUT2D eigenvalue weighted by atomic mass is 35.5. The lowest BCUT2D eigenvalue weighted by Gasteiger charge is -2.37. The van der Waals surface area contributed by atoms with Gasteiger partial charge in [-0.3, -0.25) is 0 Å². The molecule has 1 aliphatic rings. The summed E-state index contributed by atoms with van der Waals surface area (Å²) in [7, 11) is 0. The molecule has 0 saturated carbocycles. The largest absolute Gasteiger partial charge is 0.355 e. The summed E-state index contributed by atoms with van der Waals surface area (Å²) >= 11 is 5.77. The second kappa shape index (κ2) is 5.67. The maximum Gasteiger partial charge on any atom is 0.151 e. The van der Waals surface area contributed by atoms with E-state index in [9.17, 15) is 0 Å². The molecule has 94 valence electrons. The minimum atomic E-state index is 0.462. The molecule has 0 radical (unpaired) electrons. The SMILES string of the molecule is CCCC1CC(C)CN(c2ccc(Cl)nn2)C1.